The number of ether oxygens (including phenoxy) is 1. The van der Waals surface area contributed by atoms with Crippen LogP contribution in [0.3, 0.4) is 0 Å². The van der Waals surface area contributed by atoms with E-state index < -0.39 is 6.10 Å². The number of anilines is 1. The molecule has 0 aliphatic carbocycles. The first-order valence-corrected chi connectivity index (χ1v) is 9.01. The van der Waals surface area contributed by atoms with Gasteiger partial charge in [-0.1, -0.05) is 17.7 Å². The van der Waals surface area contributed by atoms with Gasteiger partial charge in [-0.2, -0.15) is 0 Å². The second-order valence-corrected chi connectivity index (χ2v) is 6.70. The van der Waals surface area contributed by atoms with Crippen LogP contribution in [-0.4, -0.2) is 17.0 Å². The zero-order valence-electron chi connectivity index (χ0n) is 15.5. The van der Waals surface area contributed by atoms with Crippen molar-refractivity contribution in [1.29, 1.82) is 0 Å². The zero-order chi connectivity index (χ0) is 19.4. The molecule has 0 saturated heterocycles. The number of carbonyl (C=O) groups is 1. The first-order valence-electron chi connectivity index (χ1n) is 8.64. The number of aromatic nitrogens is 1. The highest BCUT2D eigenvalue weighted by Gasteiger charge is 2.25. The van der Waals surface area contributed by atoms with Gasteiger partial charge in [0.25, 0.3) is 5.91 Å². The molecule has 3 aromatic rings. The molecule has 140 valence electrons. The van der Waals surface area contributed by atoms with Gasteiger partial charge in [0, 0.05) is 11.2 Å². The molecular formula is C21H21ClN2O3. The molecule has 3 rings (SSSR count). The SMILES string of the molecule is Cc1cc(OC(C)C(=O)N(Cc2ccco2)c2ccccn2)cc(C)c1Cl. The molecule has 0 radical (unpaired) electrons. The monoisotopic (exact) mass is 384 g/mol. The summed E-state index contributed by atoms with van der Waals surface area (Å²) in [7, 11) is 0. The van der Waals surface area contributed by atoms with Crippen LogP contribution in [0.4, 0.5) is 5.82 Å². The molecular weight excluding hydrogens is 364 g/mol. The lowest BCUT2D eigenvalue weighted by Crippen LogP contribution is -2.40. The van der Waals surface area contributed by atoms with Crippen molar-refractivity contribution < 1.29 is 13.9 Å². The van der Waals surface area contributed by atoms with Crippen LogP contribution in [-0.2, 0) is 11.3 Å². The van der Waals surface area contributed by atoms with Crippen molar-refractivity contribution in [3.8, 4) is 5.75 Å². The van der Waals surface area contributed by atoms with Crippen molar-refractivity contribution in [2.24, 2.45) is 0 Å². The summed E-state index contributed by atoms with van der Waals surface area (Å²) in [6.07, 6.45) is 2.52. The molecule has 27 heavy (non-hydrogen) atoms. The van der Waals surface area contributed by atoms with Gasteiger partial charge in [0.05, 0.1) is 12.8 Å². The van der Waals surface area contributed by atoms with Gasteiger partial charge in [-0.3, -0.25) is 9.69 Å². The quantitative estimate of drug-likeness (QED) is 0.603. The maximum atomic E-state index is 13.1. The van der Waals surface area contributed by atoms with Crippen LogP contribution in [0.25, 0.3) is 0 Å². The highest BCUT2D eigenvalue weighted by Crippen LogP contribution is 2.27. The van der Waals surface area contributed by atoms with Crippen molar-refractivity contribution in [2.75, 3.05) is 4.90 Å². The van der Waals surface area contributed by atoms with E-state index in [9.17, 15) is 4.79 Å². The first-order chi connectivity index (χ1) is 13.0. The standard InChI is InChI=1S/C21H21ClN2O3/c1-14-11-18(12-15(2)20(14)22)27-16(3)21(25)24(13-17-7-6-10-26-17)19-8-4-5-9-23-19/h4-12,16H,13H2,1-3H3. The third-order valence-corrected chi connectivity index (χ3v) is 4.75. The lowest BCUT2D eigenvalue weighted by atomic mass is 10.1. The van der Waals surface area contributed by atoms with Crippen molar-refractivity contribution in [2.45, 2.75) is 33.4 Å². The van der Waals surface area contributed by atoms with E-state index in [1.54, 1.807) is 42.5 Å². The molecule has 1 unspecified atom stereocenters. The number of benzene rings is 1. The topological polar surface area (TPSA) is 55.6 Å². The number of furan rings is 1. The van der Waals surface area contributed by atoms with Crippen LogP contribution in [0.1, 0.15) is 23.8 Å². The Kier molecular flexibility index (Phi) is 5.81. The van der Waals surface area contributed by atoms with Gasteiger partial charge in [-0.15, -0.1) is 0 Å². The molecule has 0 aliphatic rings. The number of aryl methyl sites for hydroxylation is 2. The normalized spacial score (nSPS) is 11.9. The summed E-state index contributed by atoms with van der Waals surface area (Å²) in [5.41, 5.74) is 1.81. The molecule has 0 bridgehead atoms. The lowest BCUT2D eigenvalue weighted by Gasteiger charge is -2.25. The smallest absolute Gasteiger partial charge is 0.269 e. The van der Waals surface area contributed by atoms with Crippen LogP contribution < -0.4 is 9.64 Å². The van der Waals surface area contributed by atoms with Gasteiger partial charge >= 0.3 is 0 Å². The van der Waals surface area contributed by atoms with Gasteiger partial charge in [0.2, 0.25) is 0 Å². The van der Waals surface area contributed by atoms with Crippen LogP contribution in [0, 0.1) is 13.8 Å². The summed E-state index contributed by atoms with van der Waals surface area (Å²) >= 11 is 6.21. The Bertz CT molecular complexity index is 887. The fraction of sp³-hybridized carbons (Fsp3) is 0.238. The zero-order valence-corrected chi connectivity index (χ0v) is 16.2. The van der Waals surface area contributed by atoms with Crippen molar-refractivity contribution in [1.82, 2.24) is 4.98 Å². The van der Waals surface area contributed by atoms with Crippen LogP contribution >= 0.6 is 11.6 Å². The van der Waals surface area contributed by atoms with Gasteiger partial charge in [-0.05, 0) is 68.3 Å². The minimum absolute atomic E-state index is 0.213. The van der Waals surface area contributed by atoms with E-state index in [4.69, 9.17) is 20.8 Å². The highest BCUT2D eigenvalue weighted by molar-refractivity contribution is 6.32. The van der Waals surface area contributed by atoms with Crippen molar-refractivity contribution in [3.63, 3.8) is 0 Å². The molecule has 1 atom stereocenters. The van der Waals surface area contributed by atoms with E-state index in [0.29, 0.717) is 22.4 Å². The molecule has 2 heterocycles. The average Bonchev–Trinajstić information content (AvgIpc) is 3.17. The fourth-order valence-corrected chi connectivity index (χ4v) is 2.90. The summed E-state index contributed by atoms with van der Waals surface area (Å²) in [4.78, 5) is 19.0. The van der Waals surface area contributed by atoms with Crippen LogP contribution in [0.2, 0.25) is 5.02 Å². The molecule has 0 saturated carbocycles. The number of nitrogens with zero attached hydrogens (tertiary/aromatic N) is 2. The number of rotatable bonds is 6. The summed E-state index contributed by atoms with van der Waals surface area (Å²) in [5, 5.41) is 0.703. The van der Waals surface area contributed by atoms with E-state index in [2.05, 4.69) is 4.98 Å². The van der Waals surface area contributed by atoms with Crippen molar-refractivity contribution >= 4 is 23.3 Å². The summed E-state index contributed by atoms with van der Waals surface area (Å²) in [5.74, 6) is 1.60. The third-order valence-electron chi connectivity index (χ3n) is 4.16. The molecule has 0 aliphatic heterocycles. The number of pyridine rings is 1. The number of carbonyl (C=O) groups excluding carboxylic acids is 1. The Morgan fingerprint density at radius 1 is 1.22 bits per heavy atom. The number of halogens is 1. The van der Waals surface area contributed by atoms with E-state index >= 15 is 0 Å². The van der Waals surface area contributed by atoms with E-state index in [-0.39, 0.29) is 12.5 Å². The van der Waals surface area contributed by atoms with Gasteiger partial charge in [-0.25, -0.2) is 4.98 Å². The van der Waals surface area contributed by atoms with Crippen molar-refractivity contribution in [3.05, 3.63) is 76.8 Å². The predicted molar refractivity (Wildman–Crippen MR) is 105 cm³/mol. The average molecular weight is 385 g/mol. The molecule has 0 fully saturated rings. The molecule has 1 amide bonds. The van der Waals surface area contributed by atoms with Gasteiger partial charge in [0.15, 0.2) is 6.10 Å². The number of amides is 1. The minimum atomic E-state index is -0.707. The molecule has 0 spiro atoms. The lowest BCUT2D eigenvalue weighted by molar-refractivity contribution is -0.124. The largest absolute Gasteiger partial charge is 0.481 e. The predicted octanol–water partition coefficient (Wildman–Crippen LogP) is 4.95. The molecule has 0 N–H and O–H groups in total. The molecule has 6 heteroatoms. The Morgan fingerprint density at radius 3 is 2.56 bits per heavy atom. The molecule has 5 nitrogen and oxygen atoms in total. The van der Waals surface area contributed by atoms with E-state index in [1.807, 2.05) is 38.1 Å². The van der Waals surface area contributed by atoms with Crippen LogP contribution in [0.5, 0.6) is 5.75 Å². The summed E-state index contributed by atoms with van der Waals surface area (Å²) in [6.45, 7) is 5.81. The second-order valence-electron chi connectivity index (χ2n) is 6.32. The van der Waals surface area contributed by atoms with E-state index in [1.165, 1.54) is 0 Å². The molecule has 2 aromatic heterocycles. The molecule has 1 aromatic carbocycles. The van der Waals surface area contributed by atoms with Gasteiger partial charge < -0.3 is 9.15 Å². The Balaban J connectivity index is 1.82. The maximum absolute atomic E-state index is 13.1. The van der Waals surface area contributed by atoms with Gasteiger partial charge in [0.1, 0.15) is 17.3 Å². The maximum Gasteiger partial charge on any atom is 0.269 e. The Hall–Kier alpha value is -2.79. The Morgan fingerprint density at radius 2 is 1.96 bits per heavy atom. The van der Waals surface area contributed by atoms with Crippen LogP contribution in [0.15, 0.2) is 59.3 Å². The number of hydrogen-bond donors (Lipinski definition) is 0. The first kappa shape index (κ1) is 19.0. The second kappa shape index (κ2) is 8.27. The minimum Gasteiger partial charge on any atom is -0.481 e. The Labute approximate surface area is 163 Å². The van der Waals surface area contributed by atoms with E-state index in [0.717, 1.165) is 11.1 Å². The fourth-order valence-electron chi connectivity index (χ4n) is 2.79. The summed E-state index contributed by atoms with van der Waals surface area (Å²) in [6, 6.07) is 12.7. The number of hydrogen-bond acceptors (Lipinski definition) is 4. The third kappa shape index (κ3) is 4.49. The highest BCUT2D eigenvalue weighted by atomic mass is 35.5. The summed E-state index contributed by atoms with van der Waals surface area (Å²) < 4.78 is 11.3.